The zero-order valence-electron chi connectivity index (χ0n) is 11.8. The molecule has 2 aromatic rings. The summed E-state index contributed by atoms with van der Waals surface area (Å²) in [6.45, 7) is 1.48. The summed E-state index contributed by atoms with van der Waals surface area (Å²) in [5, 5.41) is 2.00. The molecule has 0 amide bonds. The number of alkyl halides is 3. The first-order valence-electron chi connectivity index (χ1n) is 6.82. The Hall–Kier alpha value is -1.75. The van der Waals surface area contributed by atoms with Gasteiger partial charge >= 0.3 is 6.18 Å². The maximum absolute atomic E-state index is 12.2. The number of benzene rings is 2. The fraction of sp³-hybridized carbons (Fsp3) is 0.375. The minimum atomic E-state index is -4.21. The molecule has 0 aliphatic rings. The standard InChI is InChI=1S/C16H18F3NO/c1-11(20)10-14-13-5-3-2-4-12(13)6-7-15(14)21-9-8-16(17,18)19/h2-7,11H,8-10,20H2,1H3. The van der Waals surface area contributed by atoms with Crippen LogP contribution in [0.5, 0.6) is 5.75 Å². The van der Waals surface area contributed by atoms with Gasteiger partial charge in [0, 0.05) is 11.6 Å². The van der Waals surface area contributed by atoms with Crippen LogP contribution in [0.25, 0.3) is 10.8 Å². The molecule has 5 heteroatoms. The lowest BCUT2D eigenvalue weighted by molar-refractivity contribution is -0.139. The summed E-state index contributed by atoms with van der Waals surface area (Å²) < 4.78 is 42.0. The normalized spacial score (nSPS) is 13.4. The van der Waals surface area contributed by atoms with Crippen molar-refractivity contribution in [2.45, 2.75) is 32.0 Å². The fourth-order valence-electron chi connectivity index (χ4n) is 2.26. The lowest BCUT2D eigenvalue weighted by Gasteiger charge is -2.16. The van der Waals surface area contributed by atoms with Crippen LogP contribution >= 0.6 is 0 Å². The van der Waals surface area contributed by atoms with Crippen molar-refractivity contribution in [2.75, 3.05) is 6.61 Å². The van der Waals surface area contributed by atoms with Crippen LogP contribution in [0, 0.1) is 0 Å². The molecule has 114 valence electrons. The van der Waals surface area contributed by atoms with Crippen molar-refractivity contribution < 1.29 is 17.9 Å². The molecule has 0 saturated heterocycles. The van der Waals surface area contributed by atoms with Gasteiger partial charge < -0.3 is 10.5 Å². The molecule has 1 unspecified atom stereocenters. The first kappa shape index (κ1) is 15.6. The lowest BCUT2D eigenvalue weighted by Crippen LogP contribution is -2.19. The van der Waals surface area contributed by atoms with Crippen LogP contribution in [-0.4, -0.2) is 18.8 Å². The summed E-state index contributed by atoms with van der Waals surface area (Å²) in [4.78, 5) is 0. The zero-order chi connectivity index (χ0) is 15.5. The molecule has 0 aromatic heterocycles. The maximum atomic E-state index is 12.2. The third-order valence-electron chi connectivity index (χ3n) is 3.17. The van der Waals surface area contributed by atoms with Crippen molar-refractivity contribution >= 4 is 10.8 Å². The van der Waals surface area contributed by atoms with Crippen LogP contribution in [0.1, 0.15) is 18.9 Å². The number of ether oxygens (including phenoxy) is 1. The molecule has 2 N–H and O–H groups in total. The predicted molar refractivity (Wildman–Crippen MR) is 77.5 cm³/mol. The Morgan fingerprint density at radius 3 is 2.52 bits per heavy atom. The van der Waals surface area contributed by atoms with Gasteiger partial charge in [-0.15, -0.1) is 0 Å². The molecule has 0 bridgehead atoms. The monoisotopic (exact) mass is 297 g/mol. The third-order valence-corrected chi connectivity index (χ3v) is 3.17. The van der Waals surface area contributed by atoms with Crippen LogP contribution in [-0.2, 0) is 6.42 Å². The Kier molecular flexibility index (Phi) is 4.73. The third kappa shape index (κ3) is 4.36. The van der Waals surface area contributed by atoms with Crippen molar-refractivity contribution in [2.24, 2.45) is 5.73 Å². The van der Waals surface area contributed by atoms with Crippen LogP contribution in [0.3, 0.4) is 0 Å². The molecule has 0 fully saturated rings. The van der Waals surface area contributed by atoms with Crippen LogP contribution < -0.4 is 10.5 Å². The molecular weight excluding hydrogens is 279 g/mol. The molecular formula is C16H18F3NO. The van der Waals surface area contributed by atoms with Crippen LogP contribution in [0.2, 0.25) is 0 Å². The van der Waals surface area contributed by atoms with E-state index in [0.717, 1.165) is 16.3 Å². The minimum absolute atomic E-state index is 0.0965. The molecule has 2 aromatic carbocycles. The van der Waals surface area contributed by atoms with Crippen LogP contribution in [0.15, 0.2) is 36.4 Å². The first-order chi connectivity index (χ1) is 9.87. The summed E-state index contributed by atoms with van der Waals surface area (Å²) in [6, 6.07) is 11.2. The summed E-state index contributed by atoms with van der Waals surface area (Å²) >= 11 is 0. The Morgan fingerprint density at radius 2 is 1.86 bits per heavy atom. The first-order valence-corrected chi connectivity index (χ1v) is 6.82. The quantitative estimate of drug-likeness (QED) is 0.903. The minimum Gasteiger partial charge on any atom is -0.493 e. The van der Waals surface area contributed by atoms with Crippen molar-refractivity contribution in [3.8, 4) is 5.75 Å². The van der Waals surface area contributed by atoms with Gasteiger partial charge in [0.15, 0.2) is 0 Å². The Morgan fingerprint density at radius 1 is 1.14 bits per heavy atom. The molecule has 0 saturated carbocycles. The fourth-order valence-corrected chi connectivity index (χ4v) is 2.26. The number of fused-ring (bicyclic) bond motifs is 1. The van der Waals surface area contributed by atoms with E-state index < -0.39 is 12.6 Å². The molecule has 0 spiro atoms. The second-order valence-electron chi connectivity index (χ2n) is 5.16. The highest BCUT2D eigenvalue weighted by Gasteiger charge is 2.27. The van der Waals surface area contributed by atoms with Gasteiger partial charge in [0.2, 0.25) is 0 Å². The number of hydrogen-bond acceptors (Lipinski definition) is 2. The molecule has 1 atom stereocenters. The van der Waals surface area contributed by atoms with Gasteiger partial charge in [-0.05, 0) is 30.2 Å². The van der Waals surface area contributed by atoms with Gasteiger partial charge in [-0.3, -0.25) is 0 Å². The molecule has 0 heterocycles. The van der Waals surface area contributed by atoms with Gasteiger partial charge in [0.05, 0.1) is 13.0 Å². The van der Waals surface area contributed by atoms with Crippen LogP contribution in [0.4, 0.5) is 13.2 Å². The van der Waals surface area contributed by atoms with Gasteiger partial charge in [-0.2, -0.15) is 13.2 Å². The van der Waals surface area contributed by atoms with E-state index in [1.54, 1.807) is 6.07 Å². The van der Waals surface area contributed by atoms with E-state index in [2.05, 4.69) is 0 Å². The highest BCUT2D eigenvalue weighted by atomic mass is 19.4. The highest BCUT2D eigenvalue weighted by molar-refractivity contribution is 5.87. The van der Waals surface area contributed by atoms with E-state index in [0.29, 0.717) is 12.2 Å². The van der Waals surface area contributed by atoms with Gasteiger partial charge in [-0.25, -0.2) is 0 Å². The highest BCUT2D eigenvalue weighted by Crippen LogP contribution is 2.30. The number of nitrogens with two attached hydrogens (primary N) is 1. The van der Waals surface area contributed by atoms with Gasteiger partial charge in [-0.1, -0.05) is 30.3 Å². The SMILES string of the molecule is CC(N)Cc1c(OCCC(F)(F)F)ccc2ccccc12. The maximum Gasteiger partial charge on any atom is 0.392 e. The largest absolute Gasteiger partial charge is 0.493 e. The number of rotatable bonds is 5. The molecule has 0 aliphatic carbocycles. The average Bonchev–Trinajstić information content (AvgIpc) is 2.39. The van der Waals surface area contributed by atoms with Crippen molar-refractivity contribution in [3.05, 3.63) is 42.0 Å². The molecule has 2 nitrogen and oxygen atoms in total. The average molecular weight is 297 g/mol. The van der Waals surface area contributed by atoms with E-state index in [-0.39, 0.29) is 12.6 Å². The smallest absolute Gasteiger partial charge is 0.392 e. The molecule has 0 aliphatic heterocycles. The predicted octanol–water partition coefficient (Wildman–Crippen LogP) is 4.06. The second kappa shape index (κ2) is 6.35. The lowest BCUT2D eigenvalue weighted by atomic mass is 9.98. The summed E-state index contributed by atoms with van der Waals surface area (Å²) in [5.41, 5.74) is 6.71. The van der Waals surface area contributed by atoms with E-state index in [9.17, 15) is 13.2 Å². The number of halogens is 3. The number of hydrogen-bond donors (Lipinski definition) is 1. The summed E-state index contributed by atoms with van der Waals surface area (Å²) in [6.07, 6.45) is -4.61. The topological polar surface area (TPSA) is 35.2 Å². The molecule has 2 rings (SSSR count). The van der Waals surface area contributed by atoms with E-state index in [1.807, 2.05) is 37.3 Å². The van der Waals surface area contributed by atoms with Crippen molar-refractivity contribution in [1.82, 2.24) is 0 Å². The van der Waals surface area contributed by atoms with E-state index in [4.69, 9.17) is 10.5 Å². The summed E-state index contributed by atoms with van der Waals surface area (Å²) in [5.74, 6) is 0.482. The second-order valence-corrected chi connectivity index (χ2v) is 5.16. The molecule has 21 heavy (non-hydrogen) atoms. The van der Waals surface area contributed by atoms with Crippen molar-refractivity contribution in [3.63, 3.8) is 0 Å². The van der Waals surface area contributed by atoms with Crippen molar-refractivity contribution in [1.29, 1.82) is 0 Å². The zero-order valence-corrected chi connectivity index (χ0v) is 11.8. The van der Waals surface area contributed by atoms with E-state index in [1.165, 1.54) is 0 Å². The molecule has 0 radical (unpaired) electrons. The summed E-state index contributed by atoms with van der Waals surface area (Å²) in [7, 11) is 0. The van der Waals surface area contributed by atoms with Gasteiger partial charge in [0.25, 0.3) is 0 Å². The Balaban J connectivity index is 2.29. The van der Waals surface area contributed by atoms with E-state index >= 15 is 0 Å². The Labute approximate surface area is 121 Å². The van der Waals surface area contributed by atoms with Gasteiger partial charge in [0.1, 0.15) is 5.75 Å². The Bertz CT molecular complexity index is 608.